The van der Waals surface area contributed by atoms with Crippen molar-refractivity contribution in [1.82, 2.24) is 4.98 Å². The monoisotopic (exact) mass is 398 g/mol. The Bertz CT molecular complexity index is 1340. The van der Waals surface area contributed by atoms with Gasteiger partial charge in [0.05, 0.1) is 11.3 Å². The van der Waals surface area contributed by atoms with E-state index in [0.29, 0.717) is 22.2 Å². The van der Waals surface area contributed by atoms with Crippen molar-refractivity contribution in [1.29, 1.82) is 5.26 Å². The molecule has 0 aliphatic carbocycles. The molecular formula is C23H15ClN4O. The number of hydrogen-bond acceptors (Lipinski definition) is 5. The molecule has 0 bridgehead atoms. The second-order valence-electron chi connectivity index (χ2n) is 6.88. The van der Waals surface area contributed by atoms with Crippen LogP contribution in [0.5, 0.6) is 11.6 Å². The lowest BCUT2D eigenvalue weighted by molar-refractivity contribution is 0.440. The minimum atomic E-state index is -0.341. The van der Waals surface area contributed by atoms with E-state index in [2.05, 4.69) is 11.1 Å². The number of nitrogens with zero attached hydrogens (tertiary/aromatic N) is 2. The number of aromatic nitrogens is 1. The third kappa shape index (κ3) is 2.50. The maximum atomic E-state index is 9.53. The van der Waals surface area contributed by atoms with Crippen molar-refractivity contribution in [3.8, 4) is 17.7 Å². The summed E-state index contributed by atoms with van der Waals surface area (Å²) in [6, 6.07) is 21.6. The zero-order chi connectivity index (χ0) is 20.1. The summed E-state index contributed by atoms with van der Waals surface area (Å²) in [5.74, 6) is 0.696. The lowest BCUT2D eigenvalue weighted by atomic mass is 9.81. The molecule has 29 heavy (non-hydrogen) atoms. The first kappa shape index (κ1) is 17.4. The zero-order valence-electron chi connectivity index (χ0n) is 15.2. The molecule has 0 fully saturated rings. The number of anilines is 2. The number of nitriles is 1. The van der Waals surface area contributed by atoms with E-state index in [4.69, 9.17) is 27.8 Å². The van der Waals surface area contributed by atoms with Crippen molar-refractivity contribution in [2.24, 2.45) is 0 Å². The van der Waals surface area contributed by atoms with Crippen LogP contribution in [0.1, 0.15) is 28.2 Å². The van der Waals surface area contributed by atoms with Gasteiger partial charge in [-0.3, -0.25) is 0 Å². The molecule has 1 aliphatic heterocycles. The molecule has 3 aromatic carbocycles. The fraction of sp³-hybridized carbons (Fsp3) is 0.0435. The fourth-order valence-corrected chi connectivity index (χ4v) is 4.22. The SMILES string of the molecule is N#Cc1c(N)nc2c(c1N)[C@H](c1ccccc1Cl)c1ccc3ccccc3c1O2. The first-order chi connectivity index (χ1) is 14.1. The van der Waals surface area contributed by atoms with Crippen molar-refractivity contribution in [2.45, 2.75) is 5.92 Å². The summed E-state index contributed by atoms with van der Waals surface area (Å²) in [4.78, 5) is 4.37. The summed E-state index contributed by atoms with van der Waals surface area (Å²) < 4.78 is 6.22. The van der Waals surface area contributed by atoms with Crippen molar-refractivity contribution in [3.05, 3.63) is 87.9 Å². The Balaban J connectivity index is 1.90. The van der Waals surface area contributed by atoms with Crippen LogP contribution in [-0.4, -0.2) is 4.98 Å². The molecule has 2 heterocycles. The molecule has 0 saturated heterocycles. The van der Waals surface area contributed by atoms with Gasteiger partial charge in [0.15, 0.2) is 0 Å². The minimum absolute atomic E-state index is 0.0466. The van der Waals surface area contributed by atoms with E-state index in [1.54, 1.807) is 0 Å². The summed E-state index contributed by atoms with van der Waals surface area (Å²) in [6.07, 6.45) is 0. The predicted octanol–water partition coefficient (Wildman–Crippen LogP) is 5.21. The van der Waals surface area contributed by atoms with Crippen LogP contribution in [0.15, 0.2) is 60.7 Å². The lowest BCUT2D eigenvalue weighted by Crippen LogP contribution is -2.17. The largest absolute Gasteiger partial charge is 0.438 e. The summed E-state index contributed by atoms with van der Waals surface area (Å²) in [5, 5.41) is 12.1. The predicted molar refractivity (Wildman–Crippen MR) is 114 cm³/mol. The molecule has 5 rings (SSSR count). The van der Waals surface area contributed by atoms with E-state index in [0.717, 1.165) is 21.9 Å². The second-order valence-corrected chi connectivity index (χ2v) is 7.29. The van der Waals surface area contributed by atoms with Gasteiger partial charge in [0.2, 0.25) is 5.88 Å². The van der Waals surface area contributed by atoms with Crippen molar-refractivity contribution in [3.63, 3.8) is 0 Å². The first-order valence-corrected chi connectivity index (χ1v) is 9.40. The maximum absolute atomic E-state index is 9.53. The Labute approximate surface area is 172 Å². The van der Waals surface area contributed by atoms with Crippen molar-refractivity contribution in [2.75, 3.05) is 11.5 Å². The van der Waals surface area contributed by atoms with Crippen molar-refractivity contribution >= 4 is 33.9 Å². The lowest BCUT2D eigenvalue weighted by Gasteiger charge is -2.30. The summed E-state index contributed by atoms with van der Waals surface area (Å²) in [6.45, 7) is 0. The van der Waals surface area contributed by atoms with Gasteiger partial charge in [-0.05, 0) is 17.0 Å². The van der Waals surface area contributed by atoms with E-state index in [1.807, 2.05) is 60.7 Å². The van der Waals surface area contributed by atoms with Gasteiger partial charge in [-0.1, -0.05) is 66.2 Å². The highest BCUT2D eigenvalue weighted by Gasteiger charge is 2.35. The molecule has 0 radical (unpaired) electrons. The number of nitrogens with two attached hydrogens (primary N) is 2. The Kier molecular flexibility index (Phi) is 3.83. The van der Waals surface area contributed by atoms with Gasteiger partial charge < -0.3 is 16.2 Å². The average molecular weight is 399 g/mol. The second kappa shape index (κ2) is 6.40. The molecule has 1 aromatic heterocycles. The van der Waals surface area contributed by atoms with Gasteiger partial charge >= 0.3 is 0 Å². The molecule has 6 heteroatoms. The summed E-state index contributed by atoms with van der Waals surface area (Å²) in [7, 11) is 0. The van der Waals surface area contributed by atoms with Crippen LogP contribution in [0, 0.1) is 11.3 Å². The number of rotatable bonds is 1. The summed E-state index contributed by atoms with van der Waals surface area (Å²) >= 11 is 6.57. The van der Waals surface area contributed by atoms with Gasteiger partial charge in [0, 0.05) is 21.9 Å². The van der Waals surface area contributed by atoms with Crippen LogP contribution in [0.4, 0.5) is 11.5 Å². The number of nitrogen functional groups attached to an aromatic ring is 2. The maximum Gasteiger partial charge on any atom is 0.227 e. The normalized spacial score (nSPS) is 14.6. The third-order valence-electron chi connectivity index (χ3n) is 5.30. The van der Waals surface area contributed by atoms with Gasteiger partial charge in [-0.15, -0.1) is 0 Å². The first-order valence-electron chi connectivity index (χ1n) is 9.03. The van der Waals surface area contributed by atoms with Gasteiger partial charge in [0.1, 0.15) is 23.2 Å². The number of hydrogen-bond donors (Lipinski definition) is 2. The molecule has 140 valence electrons. The van der Waals surface area contributed by atoms with Gasteiger partial charge in [0.25, 0.3) is 0 Å². The molecule has 4 N–H and O–H groups in total. The number of fused-ring (bicyclic) bond motifs is 4. The highest BCUT2D eigenvalue weighted by molar-refractivity contribution is 6.31. The molecule has 0 unspecified atom stereocenters. The van der Waals surface area contributed by atoms with E-state index in [-0.39, 0.29) is 23.0 Å². The Morgan fingerprint density at radius 1 is 0.966 bits per heavy atom. The molecule has 0 saturated carbocycles. The zero-order valence-corrected chi connectivity index (χ0v) is 15.9. The van der Waals surface area contributed by atoms with E-state index in [1.165, 1.54) is 0 Å². The number of ether oxygens (including phenoxy) is 1. The van der Waals surface area contributed by atoms with Crippen LogP contribution in [0.2, 0.25) is 5.02 Å². The van der Waals surface area contributed by atoms with Gasteiger partial charge in [-0.2, -0.15) is 10.2 Å². The van der Waals surface area contributed by atoms with Crippen LogP contribution in [-0.2, 0) is 0 Å². The molecule has 0 amide bonds. The quantitative estimate of drug-likeness (QED) is 0.404. The number of halogens is 1. The highest BCUT2D eigenvalue weighted by atomic mass is 35.5. The topological polar surface area (TPSA) is 98.0 Å². The fourth-order valence-electron chi connectivity index (χ4n) is 3.97. The van der Waals surface area contributed by atoms with Crippen LogP contribution < -0.4 is 16.2 Å². The van der Waals surface area contributed by atoms with Crippen LogP contribution >= 0.6 is 11.6 Å². The van der Waals surface area contributed by atoms with E-state index >= 15 is 0 Å². The molecule has 1 aliphatic rings. The number of pyridine rings is 1. The smallest absolute Gasteiger partial charge is 0.227 e. The van der Waals surface area contributed by atoms with E-state index in [9.17, 15) is 5.26 Å². The number of benzene rings is 3. The molecular weight excluding hydrogens is 384 g/mol. The molecule has 0 spiro atoms. The standard InChI is InChI=1S/C23H15ClN4O/c24-17-8-4-3-7-14(17)18-15-10-9-12-5-1-2-6-13(12)21(15)29-23-19(18)20(26)16(11-25)22(27)28-23/h1-10,18H,(H4,26,27,28)/t18-/m1/s1. The van der Waals surface area contributed by atoms with Crippen LogP contribution in [0.3, 0.4) is 0 Å². The Morgan fingerprint density at radius 2 is 1.72 bits per heavy atom. The Hall–Kier alpha value is -3.75. The molecule has 1 atom stereocenters. The average Bonchev–Trinajstić information content (AvgIpc) is 2.73. The van der Waals surface area contributed by atoms with Gasteiger partial charge in [-0.25, -0.2) is 0 Å². The highest BCUT2D eigenvalue weighted by Crippen LogP contribution is 2.53. The van der Waals surface area contributed by atoms with Crippen LogP contribution in [0.25, 0.3) is 10.8 Å². The molecule has 5 nitrogen and oxygen atoms in total. The minimum Gasteiger partial charge on any atom is -0.438 e. The Morgan fingerprint density at radius 3 is 2.52 bits per heavy atom. The summed E-state index contributed by atoms with van der Waals surface area (Å²) in [5.41, 5.74) is 15.2. The third-order valence-corrected chi connectivity index (χ3v) is 5.65. The van der Waals surface area contributed by atoms with Crippen molar-refractivity contribution < 1.29 is 4.74 Å². The molecule has 4 aromatic rings. The van der Waals surface area contributed by atoms with E-state index < -0.39 is 0 Å².